The van der Waals surface area contributed by atoms with Gasteiger partial charge in [-0.1, -0.05) is 41.9 Å². The molecular formula is C20H24BrNO2. The summed E-state index contributed by atoms with van der Waals surface area (Å²) in [5.74, 6) is 0.902. The number of amides is 1. The Kier molecular flexibility index (Phi) is 6.44. The number of benzene rings is 2. The molecule has 0 saturated heterocycles. The molecule has 4 heteroatoms. The van der Waals surface area contributed by atoms with Gasteiger partial charge in [-0.25, -0.2) is 0 Å². The minimum atomic E-state index is -0.00484. The van der Waals surface area contributed by atoms with Crippen molar-refractivity contribution < 1.29 is 9.53 Å². The maximum absolute atomic E-state index is 11.7. The summed E-state index contributed by atoms with van der Waals surface area (Å²) in [7, 11) is 0. The van der Waals surface area contributed by atoms with Crippen LogP contribution >= 0.6 is 15.9 Å². The van der Waals surface area contributed by atoms with Crippen molar-refractivity contribution in [1.29, 1.82) is 0 Å². The molecule has 0 atom stereocenters. The fourth-order valence-corrected chi connectivity index (χ4v) is 2.95. The van der Waals surface area contributed by atoms with Crippen LogP contribution in [0.1, 0.15) is 42.5 Å². The summed E-state index contributed by atoms with van der Waals surface area (Å²) in [5.41, 5.74) is 5.42. The summed E-state index contributed by atoms with van der Waals surface area (Å²) in [5, 5.41) is 2.94. The third-order valence-electron chi connectivity index (χ3n) is 4.14. The quantitative estimate of drug-likeness (QED) is 0.702. The van der Waals surface area contributed by atoms with Crippen molar-refractivity contribution in [2.75, 3.05) is 5.32 Å². The van der Waals surface area contributed by atoms with Crippen molar-refractivity contribution >= 4 is 27.5 Å². The molecule has 0 heterocycles. The van der Waals surface area contributed by atoms with Crippen molar-refractivity contribution in [2.45, 2.75) is 47.1 Å². The zero-order valence-corrected chi connectivity index (χ0v) is 16.3. The lowest BCUT2D eigenvalue weighted by atomic mass is 10.0. The van der Waals surface area contributed by atoms with Gasteiger partial charge in [0.25, 0.3) is 0 Å². The van der Waals surface area contributed by atoms with Gasteiger partial charge in [-0.2, -0.15) is 0 Å². The number of carbonyl (C=O) groups is 1. The molecule has 2 aromatic carbocycles. The maximum atomic E-state index is 11.7. The molecule has 0 aliphatic rings. The molecule has 2 rings (SSSR count). The number of ether oxygens (including phenoxy) is 1. The summed E-state index contributed by atoms with van der Waals surface area (Å²) in [6.45, 7) is 8.57. The van der Waals surface area contributed by atoms with Crippen LogP contribution in [0.4, 0.5) is 5.69 Å². The Morgan fingerprint density at radius 1 is 1.17 bits per heavy atom. The highest BCUT2D eigenvalue weighted by Gasteiger charge is 2.12. The second-order valence-corrected chi connectivity index (χ2v) is 6.71. The normalized spacial score (nSPS) is 10.5. The van der Waals surface area contributed by atoms with Crippen LogP contribution in [0.5, 0.6) is 5.75 Å². The second-order valence-electron chi connectivity index (χ2n) is 5.85. The first-order valence-electron chi connectivity index (χ1n) is 8.26. The zero-order valence-electron chi connectivity index (χ0n) is 14.7. The molecule has 1 N–H and O–H groups in total. The van der Waals surface area contributed by atoms with Gasteiger partial charge < -0.3 is 10.1 Å². The molecule has 0 unspecified atom stereocenters. The smallest absolute Gasteiger partial charge is 0.224 e. The lowest BCUT2D eigenvalue weighted by molar-refractivity contribution is -0.115. The van der Waals surface area contributed by atoms with Gasteiger partial charge in [-0.15, -0.1) is 0 Å². The summed E-state index contributed by atoms with van der Waals surface area (Å²) >= 11 is 3.56. The van der Waals surface area contributed by atoms with E-state index >= 15 is 0 Å². The fourth-order valence-electron chi connectivity index (χ4n) is 2.47. The van der Waals surface area contributed by atoms with Crippen LogP contribution in [0.3, 0.4) is 0 Å². The minimum Gasteiger partial charge on any atom is -0.488 e. The van der Waals surface area contributed by atoms with Crippen LogP contribution in [-0.2, 0) is 17.8 Å². The molecule has 0 saturated carbocycles. The topological polar surface area (TPSA) is 38.3 Å². The van der Waals surface area contributed by atoms with E-state index in [0.29, 0.717) is 13.0 Å². The molecule has 0 aromatic heterocycles. The highest BCUT2D eigenvalue weighted by atomic mass is 79.9. The number of carbonyl (C=O) groups excluding carboxylic acids is 1. The number of nitrogens with one attached hydrogen (secondary N) is 1. The minimum absolute atomic E-state index is 0.00484. The molecule has 1 amide bonds. The number of hydrogen-bond acceptors (Lipinski definition) is 2. The molecule has 0 spiro atoms. The second kappa shape index (κ2) is 8.34. The Hall–Kier alpha value is -1.81. The standard InChI is InChI=1S/C20H24BrNO2/c1-5-15-10-13(3)14(4)11-19(15)24-12-16-17(21)8-7-9-18(16)22-20(23)6-2/h7-11H,5-6,12H2,1-4H3,(H,22,23). The average molecular weight is 390 g/mol. The molecule has 128 valence electrons. The first-order valence-corrected chi connectivity index (χ1v) is 9.05. The van der Waals surface area contributed by atoms with Gasteiger partial charge in [0, 0.05) is 22.1 Å². The molecule has 24 heavy (non-hydrogen) atoms. The van der Waals surface area contributed by atoms with Crippen LogP contribution in [0.15, 0.2) is 34.8 Å². The lowest BCUT2D eigenvalue weighted by Crippen LogP contribution is -2.12. The molecule has 0 bridgehead atoms. The van der Waals surface area contributed by atoms with E-state index in [2.05, 4.69) is 54.2 Å². The molecule has 3 nitrogen and oxygen atoms in total. The predicted molar refractivity (Wildman–Crippen MR) is 103 cm³/mol. The monoisotopic (exact) mass is 389 g/mol. The van der Waals surface area contributed by atoms with Gasteiger partial charge in [0.05, 0.1) is 0 Å². The van der Waals surface area contributed by atoms with Gasteiger partial charge in [0.1, 0.15) is 12.4 Å². The van der Waals surface area contributed by atoms with Crippen LogP contribution < -0.4 is 10.1 Å². The van der Waals surface area contributed by atoms with E-state index in [-0.39, 0.29) is 5.91 Å². The molecule has 2 aromatic rings. The van der Waals surface area contributed by atoms with E-state index in [1.165, 1.54) is 16.7 Å². The number of rotatable bonds is 6. The first-order chi connectivity index (χ1) is 11.5. The fraction of sp³-hybridized carbons (Fsp3) is 0.350. The number of hydrogen-bond donors (Lipinski definition) is 1. The lowest BCUT2D eigenvalue weighted by Gasteiger charge is -2.16. The predicted octanol–water partition coefficient (Wildman–Crippen LogP) is 5.56. The van der Waals surface area contributed by atoms with E-state index < -0.39 is 0 Å². The van der Waals surface area contributed by atoms with Gasteiger partial charge >= 0.3 is 0 Å². The summed E-state index contributed by atoms with van der Waals surface area (Å²) in [6.07, 6.45) is 1.37. The van der Waals surface area contributed by atoms with E-state index in [1.54, 1.807) is 0 Å². The molecule has 0 aliphatic carbocycles. The van der Waals surface area contributed by atoms with Crippen molar-refractivity contribution in [3.05, 3.63) is 57.1 Å². The van der Waals surface area contributed by atoms with E-state index in [0.717, 1.165) is 27.9 Å². The average Bonchev–Trinajstić information content (AvgIpc) is 2.56. The van der Waals surface area contributed by atoms with Crippen molar-refractivity contribution in [3.63, 3.8) is 0 Å². The largest absolute Gasteiger partial charge is 0.488 e. The third kappa shape index (κ3) is 4.38. The Morgan fingerprint density at radius 3 is 2.54 bits per heavy atom. The highest BCUT2D eigenvalue weighted by molar-refractivity contribution is 9.10. The molecule has 0 fully saturated rings. The third-order valence-corrected chi connectivity index (χ3v) is 4.89. The van der Waals surface area contributed by atoms with Crippen molar-refractivity contribution in [2.24, 2.45) is 0 Å². The van der Waals surface area contributed by atoms with Crippen LogP contribution in [-0.4, -0.2) is 5.91 Å². The van der Waals surface area contributed by atoms with E-state index in [4.69, 9.17) is 4.74 Å². The van der Waals surface area contributed by atoms with Crippen LogP contribution in [0, 0.1) is 13.8 Å². The number of aryl methyl sites for hydroxylation is 3. The number of halogens is 1. The maximum Gasteiger partial charge on any atom is 0.224 e. The summed E-state index contributed by atoms with van der Waals surface area (Å²) in [4.78, 5) is 11.7. The van der Waals surface area contributed by atoms with Gasteiger partial charge in [-0.05, 0) is 55.2 Å². The molecule has 0 aliphatic heterocycles. The summed E-state index contributed by atoms with van der Waals surface area (Å²) in [6, 6.07) is 10.0. The van der Waals surface area contributed by atoms with Crippen LogP contribution in [0.2, 0.25) is 0 Å². The van der Waals surface area contributed by atoms with E-state index in [9.17, 15) is 4.79 Å². The Labute approximate surface area is 152 Å². The SMILES string of the molecule is CCC(=O)Nc1cccc(Br)c1COc1cc(C)c(C)cc1CC. The Bertz CT molecular complexity index is 741. The Morgan fingerprint density at radius 2 is 1.88 bits per heavy atom. The summed E-state index contributed by atoms with van der Waals surface area (Å²) < 4.78 is 7.03. The van der Waals surface area contributed by atoms with Crippen molar-refractivity contribution in [3.8, 4) is 5.75 Å². The molecule has 0 radical (unpaired) electrons. The van der Waals surface area contributed by atoms with Crippen molar-refractivity contribution in [1.82, 2.24) is 0 Å². The van der Waals surface area contributed by atoms with Crippen LogP contribution in [0.25, 0.3) is 0 Å². The van der Waals surface area contributed by atoms with E-state index in [1.807, 2.05) is 25.1 Å². The van der Waals surface area contributed by atoms with Gasteiger partial charge in [0.2, 0.25) is 5.91 Å². The Balaban J connectivity index is 2.26. The first kappa shape index (κ1) is 18.5. The van der Waals surface area contributed by atoms with Gasteiger partial charge in [-0.3, -0.25) is 4.79 Å². The zero-order chi connectivity index (χ0) is 17.7. The number of anilines is 1. The van der Waals surface area contributed by atoms with Gasteiger partial charge in [0.15, 0.2) is 0 Å². The highest BCUT2D eigenvalue weighted by Crippen LogP contribution is 2.29. The molecular weight excluding hydrogens is 366 g/mol.